The molecule has 0 bridgehead atoms. The monoisotopic (exact) mass is 365 g/mol. The third-order valence-corrected chi connectivity index (χ3v) is 3.81. The highest BCUT2D eigenvalue weighted by Gasteiger charge is 2.35. The molecule has 1 fully saturated rings. The average Bonchev–Trinajstić information content (AvgIpc) is 2.95. The summed E-state index contributed by atoms with van der Waals surface area (Å²) in [5.41, 5.74) is 0.665. The number of amides is 2. The number of amidine groups is 1. The zero-order chi connectivity index (χ0) is 19.9. The number of hydrogen-bond acceptors (Lipinski definition) is 3. The second-order valence-corrected chi connectivity index (χ2v) is 5.81. The zero-order valence-electron chi connectivity index (χ0n) is 15.4. The first kappa shape index (κ1) is 21.5. The Labute approximate surface area is 152 Å². The number of benzene rings is 1. The van der Waals surface area contributed by atoms with E-state index in [0.29, 0.717) is 30.5 Å². The lowest BCUT2D eigenvalue weighted by atomic mass is 10.0. The van der Waals surface area contributed by atoms with Gasteiger partial charge in [0.15, 0.2) is 0 Å². The Bertz CT molecular complexity index is 684. The van der Waals surface area contributed by atoms with Gasteiger partial charge >= 0.3 is 6.03 Å². The molecule has 1 saturated heterocycles. The molecule has 1 aromatic rings. The highest BCUT2D eigenvalue weighted by atomic mass is 19.1. The molecule has 0 radical (unpaired) electrons. The number of hydrogen-bond donors (Lipinski definition) is 2. The van der Waals surface area contributed by atoms with Crippen LogP contribution in [0.15, 0.2) is 30.5 Å². The van der Waals surface area contributed by atoms with Crippen molar-refractivity contribution >= 4 is 17.6 Å². The molecule has 7 heteroatoms. The second kappa shape index (κ2) is 9.79. The van der Waals surface area contributed by atoms with Crippen LogP contribution in [0.25, 0.3) is 0 Å². The van der Waals surface area contributed by atoms with Gasteiger partial charge in [-0.15, -0.1) is 0 Å². The number of likely N-dealkylation sites (tertiary alicyclic amines) is 1. The number of ketones is 1. The van der Waals surface area contributed by atoms with Gasteiger partial charge in [-0.05, 0) is 37.5 Å². The van der Waals surface area contributed by atoms with Crippen molar-refractivity contribution in [1.82, 2.24) is 10.2 Å². The number of allylic oxidation sites excluding steroid dienone is 1. The molecule has 2 rings (SSSR count). The summed E-state index contributed by atoms with van der Waals surface area (Å²) in [4.78, 5) is 24.6. The van der Waals surface area contributed by atoms with E-state index in [2.05, 4.69) is 11.9 Å². The average molecular weight is 365 g/mol. The van der Waals surface area contributed by atoms with E-state index in [1.165, 1.54) is 11.8 Å². The standard InChI is InChI=1S/C17H19F2N3O2.C2H6/c1-10(3-4-11(2)23)21-17(24)22-15(5-6-16(22)20)12-7-13(18)9-14(19)8-12;1-2/h7-9,15,20H,1,3-6H2,2H3,(H,21,24);1-2H3. The maximum absolute atomic E-state index is 13.4. The van der Waals surface area contributed by atoms with Crippen LogP contribution in [0, 0.1) is 17.0 Å². The van der Waals surface area contributed by atoms with Crippen LogP contribution in [0.5, 0.6) is 0 Å². The first-order valence-corrected chi connectivity index (χ1v) is 8.58. The molecule has 1 aromatic carbocycles. The molecule has 1 atom stereocenters. The van der Waals surface area contributed by atoms with Gasteiger partial charge in [0.2, 0.25) is 0 Å². The number of carbonyl (C=O) groups excluding carboxylic acids is 2. The number of Topliss-reactive ketones (excluding diaryl/α,β-unsaturated/α-hetero) is 1. The number of urea groups is 1. The van der Waals surface area contributed by atoms with Crippen LogP contribution in [0.3, 0.4) is 0 Å². The largest absolute Gasteiger partial charge is 0.327 e. The van der Waals surface area contributed by atoms with Gasteiger partial charge in [0.1, 0.15) is 23.3 Å². The Balaban J connectivity index is 0.00000163. The van der Waals surface area contributed by atoms with Crippen LogP contribution >= 0.6 is 0 Å². The van der Waals surface area contributed by atoms with Crippen LogP contribution in [-0.4, -0.2) is 22.5 Å². The molecular weight excluding hydrogens is 340 g/mol. The topological polar surface area (TPSA) is 73.3 Å². The molecule has 0 aromatic heterocycles. The minimum atomic E-state index is -0.727. The third kappa shape index (κ3) is 5.75. The first-order chi connectivity index (χ1) is 12.3. The fourth-order valence-electron chi connectivity index (χ4n) is 2.66. The number of rotatable bonds is 5. The van der Waals surface area contributed by atoms with E-state index in [0.717, 1.165) is 18.2 Å². The maximum Gasteiger partial charge on any atom is 0.327 e. The smallest absolute Gasteiger partial charge is 0.312 e. The van der Waals surface area contributed by atoms with E-state index < -0.39 is 23.7 Å². The van der Waals surface area contributed by atoms with Crippen molar-refractivity contribution in [3.8, 4) is 0 Å². The summed E-state index contributed by atoms with van der Waals surface area (Å²) in [6.07, 6.45) is 1.31. The summed E-state index contributed by atoms with van der Waals surface area (Å²) in [6.45, 7) is 9.13. The second-order valence-electron chi connectivity index (χ2n) is 5.81. The van der Waals surface area contributed by atoms with Crippen molar-refractivity contribution in [2.45, 2.75) is 52.5 Å². The van der Waals surface area contributed by atoms with E-state index in [-0.39, 0.29) is 18.0 Å². The number of carbonyl (C=O) groups is 2. The Kier molecular flexibility index (Phi) is 8.09. The molecule has 26 heavy (non-hydrogen) atoms. The van der Waals surface area contributed by atoms with E-state index in [1.807, 2.05) is 13.8 Å². The maximum atomic E-state index is 13.4. The van der Waals surface area contributed by atoms with Gasteiger partial charge in [-0.1, -0.05) is 20.4 Å². The fraction of sp³-hybridized carbons (Fsp3) is 0.421. The minimum absolute atomic E-state index is 0.0209. The van der Waals surface area contributed by atoms with Crippen LogP contribution < -0.4 is 5.32 Å². The first-order valence-electron chi connectivity index (χ1n) is 8.58. The summed E-state index contributed by atoms with van der Waals surface area (Å²) in [7, 11) is 0. The van der Waals surface area contributed by atoms with Crippen molar-refractivity contribution in [3.63, 3.8) is 0 Å². The van der Waals surface area contributed by atoms with E-state index in [4.69, 9.17) is 5.41 Å². The van der Waals surface area contributed by atoms with Gasteiger partial charge in [-0.25, -0.2) is 13.6 Å². The summed E-state index contributed by atoms with van der Waals surface area (Å²) in [5.74, 6) is -1.40. The lowest BCUT2D eigenvalue weighted by Gasteiger charge is -2.25. The van der Waals surface area contributed by atoms with Crippen molar-refractivity contribution in [1.29, 1.82) is 5.41 Å². The lowest BCUT2D eigenvalue weighted by Crippen LogP contribution is -2.41. The zero-order valence-corrected chi connectivity index (χ0v) is 15.4. The van der Waals surface area contributed by atoms with Gasteiger partial charge in [0.05, 0.1) is 6.04 Å². The Morgan fingerprint density at radius 1 is 1.23 bits per heavy atom. The third-order valence-electron chi connectivity index (χ3n) is 3.81. The molecule has 142 valence electrons. The molecule has 5 nitrogen and oxygen atoms in total. The lowest BCUT2D eigenvalue weighted by molar-refractivity contribution is -0.117. The van der Waals surface area contributed by atoms with Crippen LogP contribution in [0.4, 0.5) is 13.6 Å². The van der Waals surface area contributed by atoms with Crippen LogP contribution in [-0.2, 0) is 4.79 Å². The molecule has 1 heterocycles. The molecular formula is C19H25F2N3O2. The Morgan fingerprint density at radius 2 is 1.81 bits per heavy atom. The minimum Gasteiger partial charge on any atom is -0.312 e. The van der Waals surface area contributed by atoms with Gasteiger partial charge in [-0.2, -0.15) is 0 Å². The quantitative estimate of drug-likeness (QED) is 0.794. The highest BCUT2D eigenvalue weighted by molar-refractivity contribution is 5.98. The normalized spacial score (nSPS) is 16.0. The Hall–Kier alpha value is -2.57. The van der Waals surface area contributed by atoms with Crippen molar-refractivity contribution < 1.29 is 18.4 Å². The summed E-state index contributed by atoms with van der Waals surface area (Å²) >= 11 is 0. The van der Waals surface area contributed by atoms with Gasteiger partial charge in [-0.3, -0.25) is 10.3 Å². The molecule has 1 unspecified atom stereocenters. The number of halogens is 2. The predicted molar refractivity (Wildman–Crippen MR) is 96.8 cm³/mol. The summed E-state index contributed by atoms with van der Waals surface area (Å²) < 4.78 is 26.9. The molecule has 2 N–H and O–H groups in total. The summed E-state index contributed by atoms with van der Waals surface area (Å²) in [6, 6.07) is 1.90. The molecule has 1 aliphatic heterocycles. The van der Waals surface area contributed by atoms with Crippen molar-refractivity contribution in [2.75, 3.05) is 0 Å². The van der Waals surface area contributed by atoms with Crippen LogP contribution in [0.2, 0.25) is 0 Å². The fourth-order valence-corrected chi connectivity index (χ4v) is 2.66. The number of nitrogens with one attached hydrogen (secondary N) is 2. The van der Waals surface area contributed by atoms with Gasteiger partial charge in [0, 0.05) is 24.6 Å². The van der Waals surface area contributed by atoms with Gasteiger partial charge < -0.3 is 10.1 Å². The molecule has 0 spiro atoms. The van der Waals surface area contributed by atoms with E-state index in [9.17, 15) is 18.4 Å². The molecule has 1 aliphatic rings. The molecule has 0 saturated carbocycles. The molecule has 0 aliphatic carbocycles. The van der Waals surface area contributed by atoms with E-state index >= 15 is 0 Å². The van der Waals surface area contributed by atoms with E-state index in [1.54, 1.807) is 0 Å². The van der Waals surface area contributed by atoms with Crippen molar-refractivity contribution in [3.05, 3.63) is 47.7 Å². The van der Waals surface area contributed by atoms with Gasteiger partial charge in [0.25, 0.3) is 0 Å². The predicted octanol–water partition coefficient (Wildman–Crippen LogP) is 4.70. The number of nitrogens with zero attached hydrogens (tertiary/aromatic N) is 1. The summed E-state index contributed by atoms with van der Waals surface area (Å²) in [5, 5.41) is 10.5. The highest BCUT2D eigenvalue weighted by Crippen LogP contribution is 2.33. The Morgan fingerprint density at radius 3 is 2.35 bits per heavy atom. The van der Waals surface area contributed by atoms with Crippen molar-refractivity contribution in [2.24, 2.45) is 0 Å². The molecule has 2 amide bonds. The SMILES string of the molecule is C=C(CCC(C)=O)NC(=O)N1C(=N)CCC1c1cc(F)cc(F)c1.CC. The van der Waals surface area contributed by atoms with Crippen LogP contribution in [0.1, 0.15) is 58.1 Å².